The van der Waals surface area contributed by atoms with Crippen molar-refractivity contribution in [1.29, 1.82) is 0 Å². The highest BCUT2D eigenvalue weighted by atomic mass is 15.1. The minimum absolute atomic E-state index is 1.10. The molecule has 4 heteroatoms. The fourth-order valence-corrected chi connectivity index (χ4v) is 11.0. The molecule has 4 nitrogen and oxygen atoms in total. The SMILES string of the molecule is c1cc(-n2c3ccccc3c3ccccc32)c(-c2c(-n3c4ccccc4c4ccccc43)cccc2-n2c3ccccc3c3ccccc32)c(-n2c3ccccc3c3ccccc32)c1. The Morgan fingerprint density at radius 3 is 0.484 bits per heavy atom. The van der Waals surface area contributed by atoms with E-state index in [4.69, 9.17) is 0 Å². The Morgan fingerprint density at radius 1 is 0.156 bits per heavy atom. The lowest BCUT2D eigenvalue weighted by Gasteiger charge is -2.25. The van der Waals surface area contributed by atoms with Gasteiger partial charge in [0.2, 0.25) is 0 Å². The largest absolute Gasteiger partial charge is 0.309 e. The lowest BCUT2D eigenvalue weighted by atomic mass is 9.95. The van der Waals surface area contributed by atoms with Gasteiger partial charge in [-0.25, -0.2) is 0 Å². The highest BCUT2D eigenvalue weighted by molar-refractivity contribution is 6.15. The first-order chi connectivity index (χ1) is 31.8. The molecule has 0 amide bonds. The van der Waals surface area contributed by atoms with Crippen LogP contribution in [-0.2, 0) is 0 Å². The van der Waals surface area contributed by atoms with Gasteiger partial charge in [-0.2, -0.15) is 0 Å². The molecule has 0 atom stereocenters. The highest BCUT2D eigenvalue weighted by Crippen LogP contribution is 2.48. The molecular formula is C60H38N4. The molecule has 298 valence electrons. The predicted octanol–water partition coefficient (Wildman–Crippen LogP) is 15.7. The van der Waals surface area contributed by atoms with Gasteiger partial charge >= 0.3 is 0 Å². The van der Waals surface area contributed by atoms with Crippen LogP contribution in [0.4, 0.5) is 0 Å². The van der Waals surface area contributed by atoms with E-state index >= 15 is 0 Å². The Balaban J connectivity index is 1.25. The summed E-state index contributed by atoms with van der Waals surface area (Å²) in [7, 11) is 0. The molecule has 0 aliphatic rings. The smallest absolute Gasteiger partial charge is 0.0563 e. The maximum Gasteiger partial charge on any atom is 0.0563 e. The summed E-state index contributed by atoms with van der Waals surface area (Å²) in [5.41, 5.74) is 16.0. The van der Waals surface area contributed by atoms with Crippen LogP contribution >= 0.6 is 0 Å². The van der Waals surface area contributed by atoms with Gasteiger partial charge in [-0.1, -0.05) is 158 Å². The number of para-hydroxylation sites is 8. The van der Waals surface area contributed by atoms with Gasteiger partial charge in [0.05, 0.1) is 66.9 Å². The average molecular weight is 815 g/mol. The minimum atomic E-state index is 1.10. The molecular weight excluding hydrogens is 777 g/mol. The van der Waals surface area contributed by atoms with Gasteiger partial charge in [-0.3, -0.25) is 0 Å². The molecule has 0 aliphatic heterocycles. The van der Waals surface area contributed by atoms with Gasteiger partial charge in [-0.15, -0.1) is 0 Å². The highest BCUT2D eigenvalue weighted by Gasteiger charge is 2.28. The maximum absolute atomic E-state index is 2.51. The molecule has 10 aromatic carbocycles. The fourth-order valence-electron chi connectivity index (χ4n) is 11.0. The van der Waals surface area contributed by atoms with Gasteiger partial charge in [0.25, 0.3) is 0 Å². The predicted molar refractivity (Wildman–Crippen MR) is 269 cm³/mol. The summed E-state index contributed by atoms with van der Waals surface area (Å²) in [6.07, 6.45) is 0. The van der Waals surface area contributed by atoms with Crippen LogP contribution in [-0.4, -0.2) is 18.3 Å². The van der Waals surface area contributed by atoms with Crippen molar-refractivity contribution in [3.8, 4) is 33.9 Å². The van der Waals surface area contributed by atoms with E-state index < -0.39 is 0 Å². The third kappa shape index (κ3) is 4.77. The van der Waals surface area contributed by atoms with Crippen LogP contribution in [0.25, 0.3) is 121 Å². The lowest BCUT2D eigenvalue weighted by molar-refractivity contribution is 1.11. The van der Waals surface area contributed by atoms with Crippen LogP contribution in [0, 0.1) is 0 Å². The van der Waals surface area contributed by atoms with Crippen molar-refractivity contribution in [2.45, 2.75) is 0 Å². The Hall–Kier alpha value is -8.60. The van der Waals surface area contributed by atoms with Crippen LogP contribution in [0.15, 0.2) is 231 Å². The van der Waals surface area contributed by atoms with Crippen molar-refractivity contribution in [3.05, 3.63) is 231 Å². The molecule has 0 unspecified atom stereocenters. The molecule has 4 heterocycles. The second-order valence-corrected chi connectivity index (χ2v) is 16.8. The summed E-state index contributed by atoms with van der Waals surface area (Å²) < 4.78 is 10.0. The third-order valence-electron chi connectivity index (χ3n) is 13.6. The van der Waals surface area contributed by atoms with Crippen LogP contribution < -0.4 is 0 Å². The Labute approximate surface area is 368 Å². The van der Waals surface area contributed by atoms with E-state index in [0.29, 0.717) is 0 Å². The molecule has 0 aliphatic carbocycles. The number of hydrogen-bond donors (Lipinski definition) is 0. The van der Waals surface area contributed by atoms with Crippen molar-refractivity contribution in [2.75, 3.05) is 0 Å². The van der Waals surface area contributed by atoms with Crippen molar-refractivity contribution >= 4 is 87.2 Å². The van der Waals surface area contributed by atoms with Gasteiger partial charge in [-0.05, 0) is 72.8 Å². The molecule has 0 radical (unpaired) electrons. The summed E-state index contributed by atoms with van der Waals surface area (Å²) in [6, 6.07) is 84.8. The standard InChI is InChI=1S/C60H38N4/c1-9-27-47-39(19-1)40-20-2-10-28-48(40)61(47)55-35-17-36-56(62-49-29-11-3-21-41(49)42-22-4-12-30-50(42)62)59(55)60-57(63-51-31-13-5-23-43(51)44-24-6-14-32-52(44)63)37-18-38-58(60)64-53-33-15-7-25-45(53)46-26-8-16-34-54(46)64/h1-38H. The first-order valence-electron chi connectivity index (χ1n) is 22.0. The zero-order chi connectivity index (χ0) is 41.9. The van der Waals surface area contributed by atoms with Crippen molar-refractivity contribution in [1.82, 2.24) is 18.3 Å². The van der Waals surface area contributed by atoms with Crippen LogP contribution in [0.1, 0.15) is 0 Å². The number of benzene rings is 10. The second-order valence-electron chi connectivity index (χ2n) is 16.8. The zero-order valence-electron chi connectivity index (χ0n) is 34.7. The topological polar surface area (TPSA) is 19.7 Å². The summed E-state index contributed by atoms with van der Waals surface area (Å²) in [5.74, 6) is 0. The van der Waals surface area contributed by atoms with E-state index in [-0.39, 0.29) is 0 Å². The molecule has 14 rings (SSSR count). The molecule has 0 saturated heterocycles. The van der Waals surface area contributed by atoms with E-state index in [2.05, 4.69) is 249 Å². The molecule has 0 N–H and O–H groups in total. The first kappa shape index (κ1) is 35.0. The monoisotopic (exact) mass is 814 g/mol. The molecule has 4 aromatic heterocycles. The van der Waals surface area contributed by atoms with Crippen LogP contribution in [0.3, 0.4) is 0 Å². The van der Waals surface area contributed by atoms with Crippen LogP contribution in [0.5, 0.6) is 0 Å². The molecule has 0 spiro atoms. The van der Waals surface area contributed by atoms with Gasteiger partial charge < -0.3 is 18.3 Å². The molecule has 14 aromatic rings. The van der Waals surface area contributed by atoms with E-state index in [0.717, 1.165) is 78.0 Å². The Morgan fingerprint density at radius 2 is 0.312 bits per heavy atom. The van der Waals surface area contributed by atoms with E-state index in [1.165, 1.54) is 43.1 Å². The number of hydrogen-bond acceptors (Lipinski definition) is 0. The third-order valence-corrected chi connectivity index (χ3v) is 13.6. The summed E-state index contributed by atoms with van der Waals surface area (Å²) in [5, 5.41) is 9.81. The molecule has 0 bridgehead atoms. The zero-order valence-corrected chi connectivity index (χ0v) is 34.7. The van der Waals surface area contributed by atoms with Gasteiger partial charge in [0.15, 0.2) is 0 Å². The Kier molecular flexibility index (Phi) is 7.36. The van der Waals surface area contributed by atoms with E-state index in [9.17, 15) is 0 Å². The van der Waals surface area contributed by atoms with Crippen molar-refractivity contribution in [3.63, 3.8) is 0 Å². The minimum Gasteiger partial charge on any atom is -0.309 e. The van der Waals surface area contributed by atoms with Crippen LogP contribution in [0.2, 0.25) is 0 Å². The molecule has 0 saturated carbocycles. The van der Waals surface area contributed by atoms with Gasteiger partial charge in [0.1, 0.15) is 0 Å². The summed E-state index contributed by atoms with van der Waals surface area (Å²) in [4.78, 5) is 0. The lowest BCUT2D eigenvalue weighted by Crippen LogP contribution is -2.09. The van der Waals surface area contributed by atoms with Gasteiger partial charge in [0, 0.05) is 54.2 Å². The number of nitrogens with zero attached hydrogens (tertiary/aromatic N) is 4. The number of aromatic nitrogens is 4. The van der Waals surface area contributed by atoms with Crippen molar-refractivity contribution < 1.29 is 0 Å². The average Bonchev–Trinajstić information content (AvgIpc) is 4.09. The maximum atomic E-state index is 2.51. The molecule has 64 heavy (non-hydrogen) atoms. The van der Waals surface area contributed by atoms with E-state index in [1.54, 1.807) is 0 Å². The summed E-state index contributed by atoms with van der Waals surface area (Å²) >= 11 is 0. The van der Waals surface area contributed by atoms with E-state index in [1.807, 2.05) is 0 Å². The normalized spacial score (nSPS) is 12.1. The second kappa shape index (κ2) is 13.4. The summed E-state index contributed by atoms with van der Waals surface area (Å²) in [6.45, 7) is 0. The molecule has 0 fully saturated rings. The number of fused-ring (bicyclic) bond motifs is 12. The quantitative estimate of drug-likeness (QED) is 0.165. The van der Waals surface area contributed by atoms with Crippen molar-refractivity contribution in [2.24, 2.45) is 0 Å². The fraction of sp³-hybridized carbons (Fsp3) is 0. The Bertz CT molecular complexity index is 3460. The number of rotatable bonds is 5. The first-order valence-corrected chi connectivity index (χ1v) is 22.0.